The average molecular weight is 465 g/mol. The molecule has 3 heterocycles. The molecule has 0 atom stereocenters. The van der Waals surface area contributed by atoms with Crippen LogP contribution in [0.5, 0.6) is 17.6 Å². The minimum absolute atomic E-state index is 0.380. The van der Waals surface area contributed by atoms with Crippen LogP contribution in [-0.4, -0.2) is 15.0 Å². The van der Waals surface area contributed by atoms with Gasteiger partial charge in [-0.1, -0.05) is 72.8 Å². The lowest BCUT2D eigenvalue weighted by Crippen LogP contribution is -2.06. The summed E-state index contributed by atoms with van der Waals surface area (Å²) in [4.78, 5) is 13.0. The van der Waals surface area contributed by atoms with Crippen molar-refractivity contribution in [3.63, 3.8) is 0 Å². The van der Waals surface area contributed by atoms with Gasteiger partial charge in [0.1, 0.15) is 0 Å². The Kier molecular flexibility index (Phi) is 6.69. The molecule has 166 valence electrons. The highest BCUT2D eigenvalue weighted by Crippen LogP contribution is 2.45. The van der Waals surface area contributed by atoms with Crippen LogP contribution in [0, 0.1) is 0 Å². The molecule has 0 radical (unpaired) electrons. The van der Waals surface area contributed by atoms with E-state index in [-0.39, 0.29) is 0 Å². The number of pyridine rings is 3. The van der Waals surface area contributed by atoms with Crippen LogP contribution in [0.1, 0.15) is 0 Å². The maximum atomic E-state index is 6.30. The molecular formula is C27H20N3O3P. The third-order valence-electron chi connectivity index (χ3n) is 4.84. The summed E-state index contributed by atoms with van der Waals surface area (Å²) in [5, 5.41) is 0. The minimum atomic E-state index is -1.96. The van der Waals surface area contributed by atoms with Crippen LogP contribution in [-0.2, 0) is 0 Å². The largest absolute Gasteiger partial charge is 0.534 e. The first kappa shape index (κ1) is 21.6. The fourth-order valence-electron chi connectivity index (χ4n) is 3.34. The molecule has 0 amide bonds. The van der Waals surface area contributed by atoms with Crippen LogP contribution < -0.4 is 13.6 Å². The van der Waals surface area contributed by atoms with Crippen LogP contribution in [0.3, 0.4) is 0 Å². The highest BCUT2D eigenvalue weighted by atomic mass is 31.2. The van der Waals surface area contributed by atoms with E-state index in [1.807, 2.05) is 78.9 Å². The first-order chi connectivity index (χ1) is 16.9. The highest BCUT2D eigenvalue weighted by Gasteiger charge is 2.25. The van der Waals surface area contributed by atoms with Gasteiger partial charge in [-0.3, -0.25) is 0 Å². The summed E-state index contributed by atoms with van der Waals surface area (Å²) in [5.74, 6) is 1.15. The fourth-order valence-corrected chi connectivity index (χ4v) is 4.25. The quantitative estimate of drug-likeness (QED) is 0.231. The molecule has 0 N–H and O–H groups in total. The lowest BCUT2D eigenvalue weighted by Gasteiger charge is -2.19. The number of hydrogen-bond donors (Lipinski definition) is 0. The Balaban J connectivity index is 1.56. The second-order valence-corrected chi connectivity index (χ2v) is 8.10. The highest BCUT2D eigenvalue weighted by molar-refractivity contribution is 7.43. The van der Waals surface area contributed by atoms with Crippen LogP contribution in [0.4, 0.5) is 0 Å². The van der Waals surface area contributed by atoms with E-state index in [9.17, 15) is 0 Å². The maximum absolute atomic E-state index is 6.30. The van der Waals surface area contributed by atoms with Crippen molar-refractivity contribution < 1.29 is 13.6 Å². The first-order valence-electron chi connectivity index (χ1n) is 10.6. The van der Waals surface area contributed by atoms with Crippen molar-refractivity contribution in [2.24, 2.45) is 0 Å². The van der Waals surface area contributed by atoms with Gasteiger partial charge in [-0.2, -0.15) is 0 Å². The van der Waals surface area contributed by atoms with Gasteiger partial charge >= 0.3 is 8.60 Å². The van der Waals surface area contributed by atoms with Gasteiger partial charge in [0, 0.05) is 30.7 Å². The van der Waals surface area contributed by atoms with Crippen molar-refractivity contribution >= 4 is 8.60 Å². The van der Waals surface area contributed by atoms with E-state index in [0.29, 0.717) is 17.6 Å². The molecule has 0 aliphatic heterocycles. The molecule has 7 heteroatoms. The summed E-state index contributed by atoms with van der Waals surface area (Å²) in [6.07, 6.45) is 5.01. The van der Waals surface area contributed by atoms with Gasteiger partial charge in [0.2, 0.25) is 17.6 Å². The summed E-state index contributed by atoms with van der Waals surface area (Å²) < 4.78 is 18.3. The number of aromatic nitrogens is 3. The van der Waals surface area contributed by atoms with E-state index >= 15 is 0 Å². The van der Waals surface area contributed by atoms with Crippen LogP contribution >= 0.6 is 8.60 Å². The lowest BCUT2D eigenvalue weighted by atomic mass is 9.96. The SMILES string of the molecule is c1ccc(-c2ccnc(OP(Oc3ccccn3)Oc3ccccn3)c2-c2ccccc2)cc1. The van der Waals surface area contributed by atoms with Gasteiger partial charge in [-0.05, 0) is 34.9 Å². The van der Waals surface area contributed by atoms with Crippen LogP contribution in [0.2, 0.25) is 0 Å². The standard InChI is InChI=1S/C27H20N3O3P/c1-3-11-21(12-4-1)23-17-20-30-27(26(23)22-13-5-2-6-14-22)33-34(31-24-15-7-9-18-28-24)32-25-16-8-10-19-29-25/h1-20H. The Morgan fingerprint density at radius 1 is 0.471 bits per heavy atom. The molecule has 0 aliphatic carbocycles. The van der Waals surface area contributed by atoms with Gasteiger partial charge in [-0.25, -0.2) is 15.0 Å². The molecule has 2 aromatic carbocycles. The molecule has 0 bridgehead atoms. The van der Waals surface area contributed by atoms with Gasteiger partial charge in [0.05, 0.1) is 5.56 Å². The van der Waals surface area contributed by atoms with E-state index in [1.165, 1.54) is 0 Å². The summed E-state index contributed by atoms with van der Waals surface area (Å²) in [6.45, 7) is 0. The number of nitrogens with zero attached hydrogens (tertiary/aromatic N) is 3. The predicted molar refractivity (Wildman–Crippen MR) is 132 cm³/mol. The van der Waals surface area contributed by atoms with Crippen LogP contribution in [0.25, 0.3) is 22.3 Å². The molecule has 0 unspecified atom stereocenters. The zero-order valence-electron chi connectivity index (χ0n) is 18.1. The summed E-state index contributed by atoms with van der Waals surface area (Å²) in [7, 11) is -1.96. The summed E-state index contributed by atoms with van der Waals surface area (Å²) in [6, 6.07) is 32.9. The number of hydrogen-bond acceptors (Lipinski definition) is 6. The molecule has 5 rings (SSSR count). The fraction of sp³-hybridized carbons (Fsp3) is 0. The van der Waals surface area contributed by atoms with E-state index in [2.05, 4.69) is 27.1 Å². The van der Waals surface area contributed by atoms with E-state index < -0.39 is 8.60 Å². The van der Waals surface area contributed by atoms with Gasteiger partial charge in [0.25, 0.3) is 0 Å². The van der Waals surface area contributed by atoms with Crippen molar-refractivity contribution in [3.05, 3.63) is 122 Å². The van der Waals surface area contributed by atoms with Crippen molar-refractivity contribution in [1.82, 2.24) is 15.0 Å². The topological polar surface area (TPSA) is 66.4 Å². The molecule has 0 fully saturated rings. The molecule has 34 heavy (non-hydrogen) atoms. The monoisotopic (exact) mass is 465 g/mol. The molecule has 0 saturated heterocycles. The summed E-state index contributed by atoms with van der Waals surface area (Å²) in [5.41, 5.74) is 3.85. The van der Waals surface area contributed by atoms with E-state index in [4.69, 9.17) is 13.6 Å². The zero-order chi connectivity index (χ0) is 23.0. The Hall–Kier alpha value is -4.28. The predicted octanol–water partition coefficient (Wildman–Crippen LogP) is 6.97. The van der Waals surface area contributed by atoms with Crippen molar-refractivity contribution in [2.75, 3.05) is 0 Å². The molecule has 0 aliphatic rings. The van der Waals surface area contributed by atoms with E-state index in [1.54, 1.807) is 30.7 Å². The average Bonchev–Trinajstić information content (AvgIpc) is 2.91. The van der Waals surface area contributed by atoms with Crippen LogP contribution in [0.15, 0.2) is 122 Å². The minimum Gasteiger partial charge on any atom is -0.390 e. The summed E-state index contributed by atoms with van der Waals surface area (Å²) >= 11 is 0. The Bertz CT molecular complexity index is 1280. The van der Waals surface area contributed by atoms with Crippen molar-refractivity contribution in [2.45, 2.75) is 0 Å². The van der Waals surface area contributed by atoms with Gasteiger partial charge < -0.3 is 13.6 Å². The maximum Gasteiger partial charge on any atom is 0.534 e. The second kappa shape index (κ2) is 10.6. The molecule has 0 spiro atoms. The smallest absolute Gasteiger partial charge is 0.390 e. The lowest BCUT2D eigenvalue weighted by molar-refractivity contribution is 0.371. The Morgan fingerprint density at radius 2 is 1.03 bits per heavy atom. The van der Waals surface area contributed by atoms with Crippen molar-refractivity contribution in [3.8, 4) is 39.9 Å². The first-order valence-corrected chi connectivity index (χ1v) is 11.7. The Morgan fingerprint density at radius 3 is 1.59 bits per heavy atom. The molecule has 5 aromatic rings. The second-order valence-electron chi connectivity index (χ2n) is 7.10. The Labute approximate surface area is 198 Å². The number of rotatable bonds is 8. The third kappa shape index (κ3) is 5.20. The van der Waals surface area contributed by atoms with E-state index in [0.717, 1.165) is 22.3 Å². The number of benzene rings is 2. The normalized spacial score (nSPS) is 10.6. The molecular weight excluding hydrogens is 445 g/mol. The van der Waals surface area contributed by atoms with Gasteiger partial charge in [-0.15, -0.1) is 0 Å². The zero-order valence-corrected chi connectivity index (χ0v) is 19.0. The van der Waals surface area contributed by atoms with Gasteiger partial charge in [0.15, 0.2) is 0 Å². The third-order valence-corrected chi connectivity index (χ3v) is 5.83. The van der Waals surface area contributed by atoms with Crippen molar-refractivity contribution in [1.29, 1.82) is 0 Å². The molecule has 0 saturated carbocycles. The molecule has 6 nitrogen and oxygen atoms in total. The molecule has 3 aromatic heterocycles.